The highest BCUT2D eigenvalue weighted by atomic mass is 16.5. The lowest BCUT2D eigenvalue weighted by Gasteiger charge is -2.33. The van der Waals surface area contributed by atoms with E-state index >= 15 is 0 Å². The van der Waals surface area contributed by atoms with Gasteiger partial charge < -0.3 is 20.3 Å². The predicted octanol–water partition coefficient (Wildman–Crippen LogP) is 5.19. The van der Waals surface area contributed by atoms with Crippen LogP contribution in [0, 0.1) is 0 Å². The van der Waals surface area contributed by atoms with Crippen molar-refractivity contribution < 1.29 is 19.1 Å². The highest BCUT2D eigenvalue weighted by Gasteiger charge is 2.47. The summed E-state index contributed by atoms with van der Waals surface area (Å²) >= 11 is 0. The summed E-state index contributed by atoms with van der Waals surface area (Å²) < 4.78 is 6.03. The molecule has 0 bridgehead atoms. The molecule has 0 aliphatic carbocycles. The molecule has 41 heavy (non-hydrogen) atoms. The Bertz CT molecular complexity index is 1460. The lowest BCUT2D eigenvalue weighted by molar-refractivity contribution is -0.137. The number of ether oxygens (including phenoxy) is 1. The molecule has 0 saturated heterocycles. The molecule has 0 spiro atoms. The van der Waals surface area contributed by atoms with Gasteiger partial charge in [-0.15, -0.1) is 0 Å². The van der Waals surface area contributed by atoms with Crippen LogP contribution in [0.1, 0.15) is 44.9 Å². The SMILES string of the molecule is CCN1C(=O)N[C@@H](c2cccc(Oc3ccccc3)c2)C2=C1CN([C@H](Cc1ccccc1)C(=O)NC(C)(C)C)C2=O. The topological polar surface area (TPSA) is 91.0 Å². The van der Waals surface area contributed by atoms with Crippen LogP contribution in [-0.2, 0) is 16.0 Å². The van der Waals surface area contributed by atoms with E-state index in [0.717, 1.165) is 11.1 Å². The molecule has 0 radical (unpaired) electrons. The smallest absolute Gasteiger partial charge is 0.322 e. The van der Waals surface area contributed by atoms with Crippen molar-refractivity contribution in [2.24, 2.45) is 0 Å². The molecule has 3 aromatic carbocycles. The van der Waals surface area contributed by atoms with E-state index in [4.69, 9.17) is 4.74 Å². The van der Waals surface area contributed by atoms with Crippen molar-refractivity contribution in [3.63, 3.8) is 0 Å². The van der Waals surface area contributed by atoms with Crippen LogP contribution in [0.2, 0.25) is 0 Å². The number of likely N-dealkylation sites (N-methyl/N-ethyl adjacent to an activating group) is 1. The van der Waals surface area contributed by atoms with Crippen LogP contribution >= 0.6 is 0 Å². The second-order valence-electron chi connectivity index (χ2n) is 11.4. The summed E-state index contributed by atoms with van der Waals surface area (Å²) in [4.78, 5) is 44.4. The minimum absolute atomic E-state index is 0.168. The van der Waals surface area contributed by atoms with Gasteiger partial charge in [-0.2, -0.15) is 0 Å². The van der Waals surface area contributed by atoms with E-state index in [-0.39, 0.29) is 24.4 Å². The fraction of sp³-hybridized carbons (Fsp3) is 0.303. The summed E-state index contributed by atoms with van der Waals surface area (Å²) in [7, 11) is 0. The van der Waals surface area contributed by atoms with Crippen LogP contribution in [0.15, 0.2) is 96.2 Å². The average Bonchev–Trinajstić information content (AvgIpc) is 3.28. The molecule has 0 fully saturated rings. The number of benzene rings is 3. The van der Waals surface area contributed by atoms with Gasteiger partial charge in [0.05, 0.1) is 23.9 Å². The zero-order chi connectivity index (χ0) is 29.1. The van der Waals surface area contributed by atoms with E-state index in [9.17, 15) is 14.4 Å². The lowest BCUT2D eigenvalue weighted by Crippen LogP contribution is -2.54. The molecule has 2 atom stereocenters. The monoisotopic (exact) mass is 552 g/mol. The molecule has 8 heteroatoms. The van der Waals surface area contributed by atoms with Crippen LogP contribution in [0.4, 0.5) is 4.79 Å². The Morgan fingerprint density at radius 2 is 1.63 bits per heavy atom. The second-order valence-corrected chi connectivity index (χ2v) is 11.4. The molecule has 2 aliphatic rings. The van der Waals surface area contributed by atoms with Crippen molar-refractivity contribution in [1.82, 2.24) is 20.4 Å². The molecule has 2 heterocycles. The number of nitrogens with one attached hydrogen (secondary N) is 2. The second kappa shape index (κ2) is 11.5. The number of para-hydroxylation sites is 1. The number of urea groups is 1. The van der Waals surface area contributed by atoms with Gasteiger partial charge in [0.15, 0.2) is 0 Å². The van der Waals surface area contributed by atoms with Crippen molar-refractivity contribution in [2.75, 3.05) is 13.1 Å². The van der Waals surface area contributed by atoms with Gasteiger partial charge in [-0.1, -0.05) is 60.7 Å². The average molecular weight is 553 g/mol. The first-order valence-electron chi connectivity index (χ1n) is 14.0. The first-order chi connectivity index (χ1) is 19.6. The van der Waals surface area contributed by atoms with Crippen LogP contribution in [0.5, 0.6) is 11.5 Å². The summed E-state index contributed by atoms with van der Waals surface area (Å²) in [5.74, 6) is 0.789. The van der Waals surface area contributed by atoms with Gasteiger partial charge in [-0.3, -0.25) is 14.5 Å². The number of nitrogens with zero attached hydrogens (tertiary/aromatic N) is 2. The van der Waals surface area contributed by atoms with Gasteiger partial charge in [0.25, 0.3) is 5.91 Å². The zero-order valence-corrected chi connectivity index (χ0v) is 23.9. The molecule has 0 unspecified atom stereocenters. The molecule has 3 aromatic rings. The van der Waals surface area contributed by atoms with Crippen molar-refractivity contribution in [2.45, 2.75) is 51.7 Å². The minimum atomic E-state index is -0.753. The van der Waals surface area contributed by atoms with Crippen molar-refractivity contribution >= 4 is 17.8 Å². The van der Waals surface area contributed by atoms with Crippen LogP contribution in [0.3, 0.4) is 0 Å². The molecule has 0 aromatic heterocycles. The van der Waals surface area contributed by atoms with Crippen LogP contribution < -0.4 is 15.4 Å². The van der Waals surface area contributed by atoms with E-state index in [1.165, 1.54) is 0 Å². The quantitative estimate of drug-likeness (QED) is 0.403. The molecule has 0 saturated carbocycles. The minimum Gasteiger partial charge on any atom is -0.457 e. The molecule has 4 amide bonds. The van der Waals surface area contributed by atoms with Crippen molar-refractivity contribution in [3.8, 4) is 11.5 Å². The number of hydrogen-bond donors (Lipinski definition) is 2. The third-order valence-corrected chi connectivity index (χ3v) is 7.19. The third-order valence-electron chi connectivity index (χ3n) is 7.19. The third kappa shape index (κ3) is 6.11. The lowest BCUT2D eigenvalue weighted by atomic mass is 9.95. The molecule has 8 nitrogen and oxygen atoms in total. The maximum absolute atomic E-state index is 14.2. The van der Waals surface area contributed by atoms with Crippen LogP contribution in [-0.4, -0.2) is 52.3 Å². The summed E-state index contributed by atoms with van der Waals surface area (Å²) in [5, 5.41) is 6.09. The number of amides is 4. The maximum atomic E-state index is 14.2. The number of hydrogen-bond acceptors (Lipinski definition) is 4. The molecular formula is C33H36N4O4. The first-order valence-corrected chi connectivity index (χ1v) is 14.0. The Labute approximate surface area is 241 Å². The van der Waals surface area contributed by atoms with Gasteiger partial charge in [0, 0.05) is 18.5 Å². The standard InChI is InChI=1S/C33H36N4O4/c1-5-36-27-21-37(26(30(38)35-33(2,3)4)19-22-13-8-6-9-14-22)31(39)28(27)29(34-32(36)40)23-15-12-18-25(20-23)41-24-16-10-7-11-17-24/h6-18,20,26,29H,5,19,21H2,1-4H3,(H,34,40)(H,35,38)/t26-,29+/m1/s1. The molecule has 2 aliphatic heterocycles. The van der Waals surface area contributed by atoms with Crippen LogP contribution in [0.25, 0.3) is 0 Å². The molecule has 2 N–H and O–H groups in total. The van der Waals surface area contributed by atoms with Gasteiger partial charge in [-0.25, -0.2) is 4.79 Å². The highest BCUT2D eigenvalue weighted by Crippen LogP contribution is 2.38. The van der Waals surface area contributed by atoms with E-state index in [1.54, 1.807) is 9.80 Å². The summed E-state index contributed by atoms with van der Waals surface area (Å²) in [5.41, 5.74) is 2.30. The number of carbonyl (C=O) groups is 3. The normalized spacial score (nSPS) is 17.7. The van der Waals surface area contributed by atoms with Gasteiger partial charge in [0.2, 0.25) is 5.91 Å². The Kier molecular flexibility index (Phi) is 7.83. The summed E-state index contributed by atoms with van der Waals surface area (Å²) in [6.07, 6.45) is 0.355. The largest absolute Gasteiger partial charge is 0.457 e. The van der Waals surface area contributed by atoms with E-state index in [2.05, 4.69) is 10.6 Å². The number of carbonyl (C=O) groups excluding carboxylic acids is 3. The zero-order valence-electron chi connectivity index (χ0n) is 23.9. The van der Waals surface area contributed by atoms with E-state index in [1.807, 2.05) is 113 Å². The van der Waals surface area contributed by atoms with Crippen molar-refractivity contribution in [1.29, 1.82) is 0 Å². The Morgan fingerprint density at radius 3 is 2.29 bits per heavy atom. The van der Waals surface area contributed by atoms with Crippen molar-refractivity contribution in [3.05, 3.63) is 107 Å². The maximum Gasteiger partial charge on any atom is 0.322 e. The fourth-order valence-electron chi connectivity index (χ4n) is 5.37. The van der Waals surface area contributed by atoms with Gasteiger partial charge in [0.1, 0.15) is 17.5 Å². The van der Waals surface area contributed by atoms with E-state index in [0.29, 0.717) is 35.7 Å². The van der Waals surface area contributed by atoms with E-state index < -0.39 is 17.6 Å². The molecule has 5 rings (SSSR count). The fourth-order valence-corrected chi connectivity index (χ4v) is 5.37. The Morgan fingerprint density at radius 1 is 0.976 bits per heavy atom. The first kappa shape index (κ1) is 28.0. The molecular weight excluding hydrogens is 516 g/mol. The Balaban J connectivity index is 1.50. The summed E-state index contributed by atoms with van der Waals surface area (Å²) in [6, 6.07) is 24.8. The van der Waals surface area contributed by atoms with Gasteiger partial charge >= 0.3 is 6.03 Å². The Hall–Kier alpha value is -4.59. The van der Waals surface area contributed by atoms with Gasteiger partial charge in [-0.05, 0) is 63.1 Å². The molecule has 212 valence electrons. The number of rotatable bonds is 8. The highest BCUT2D eigenvalue weighted by molar-refractivity contribution is 6.03. The summed E-state index contributed by atoms with van der Waals surface area (Å²) in [6.45, 7) is 8.19. The predicted molar refractivity (Wildman–Crippen MR) is 157 cm³/mol.